The molecular weight excluding hydrogens is 242 g/mol. The van der Waals surface area contributed by atoms with Crippen molar-refractivity contribution in [2.24, 2.45) is 5.73 Å². The van der Waals surface area contributed by atoms with Crippen LogP contribution in [-0.2, 0) is 17.8 Å². The lowest BCUT2D eigenvalue weighted by Gasteiger charge is -2.07. The molecule has 0 aliphatic carbocycles. The molecule has 2 rings (SSSR count). The van der Waals surface area contributed by atoms with Gasteiger partial charge in [0.1, 0.15) is 0 Å². The lowest BCUT2D eigenvalue weighted by molar-refractivity contribution is -0.115. The lowest BCUT2D eigenvalue weighted by Crippen LogP contribution is -2.16. The first-order chi connectivity index (χ1) is 9.11. The fourth-order valence-electron chi connectivity index (χ4n) is 1.80. The summed E-state index contributed by atoms with van der Waals surface area (Å²) >= 11 is 0. The number of benzene rings is 1. The Kier molecular flexibility index (Phi) is 3.97. The van der Waals surface area contributed by atoms with E-state index in [0.29, 0.717) is 12.4 Å². The minimum absolute atomic E-state index is 0.139. The Hall–Kier alpha value is -2.14. The van der Waals surface area contributed by atoms with E-state index in [1.54, 1.807) is 0 Å². The van der Waals surface area contributed by atoms with Crippen LogP contribution in [0, 0.1) is 13.8 Å². The van der Waals surface area contributed by atoms with Gasteiger partial charge >= 0.3 is 0 Å². The summed E-state index contributed by atoms with van der Waals surface area (Å²) in [5.41, 5.74) is 9.17. The van der Waals surface area contributed by atoms with Gasteiger partial charge in [-0.3, -0.25) is 10.1 Å². The number of hydrogen-bond acceptors (Lipinski definition) is 4. The molecule has 100 valence electrons. The zero-order valence-corrected chi connectivity index (χ0v) is 11.1. The highest BCUT2D eigenvalue weighted by Crippen LogP contribution is 2.18. The second-order valence-corrected chi connectivity index (χ2v) is 4.42. The highest BCUT2D eigenvalue weighted by atomic mass is 16.5. The molecule has 0 atom stereocenters. The molecule has 0 aliphatic heterocycles. The molecule has 19 heavy (non-hydrogen) atoms. The smallest absolute Gasteiger partial charge is 0.234 e. The predicted molar refractivity (Wildman–Crippen MR) is 72.6 cm³/mol. The zero-order valence-electron chi connectivity index (χ0n) is 11.1. The second-order valence-electron chi connectivity index (χ2n) is 4.42. The minimum Gasteiger partial charge on any atom is -0.338 e. The van der Waals surface area contributed by atoms with E-state index in [9.17, 15) is 4.79 Å². The number of aromatic nitrogens is 1. The third kappa shape index (κ3) is 3.00. The summed E-state index contributed by atoms with van der Waals surface area (Å²) in [5.74, 6) is 0.271. The highest BCUT2D eigenvalue weighted by Gasteiger charge is 2.13. The summed E-state index contributed by atoms with van der Waals surface area (Å²) in [6.07, 6.45) is 0.270. The summed E-state index contributed by atoms with van der Waals surface area (Å²) in [6, 6.07) is 7.63. The Morgan fingerprint density at radius 2 is 2.00 bits per heavy atom. The van der Waals surface area contributed by atoms with Crippen molar-refractivity contribution in [1.29, 1.82) is 0 Å². The van der Waals surface area contributed by atoms with E-state index in [1.165, 1.54) is 0 Å². The van der Waals surface area contributed by atoms with Gasteiger partial charge in [-0.05, 0) is 25.0 Å². The molecule has 1 aromatic carbocycles. The van der Waals surface area contributed by atoms with Crippen LogP contribution in [0.1, 0.15) is 22.4 Å². The van der Waals surface area contributed by atoms with E-state index in [-0.39, 0.29) is 12.3 Å². The maximum atomic E-state index is 12.0. The number of nitrogens with two attached hydrogens (primary N) is 1. The zero-order chi connectivity index (χ0) is 13.8. The summed E-state index contributed by atoms with van der Waals surface area (Å²) in [6.45, 7) is 4.11. The molecule has 0 aliphatic rings. The van der Waals surface area contributed by atoms with Crippen molar-refractivity contribution in [3.05, 3.63) is 46.6 Å². The number of hydrogen-bond donors (Lipinski definition) is 2. The topological polar surface area (TPSA) is 81.2 Å². The number of aryl methyl sites for hydroxylation is 1. The first-order valence-corrected chi connectivity index (χ1v) is 6.11. The Bertz CT molecular complexity index is 590. The van der Waals surface area contributed by atoms with E-state index in [1.807, 2.05) is 38.1 Å². The van der Waals surface area contributed by atoms with Crippen molar-refractivity contribution in [3.63, 3.8) is 0 Å². The quantitative estimate of drug-likeness (QED) is 0.879. The molecule has 1 heterocycles. The number of rotatable bonds is 4. The SMILES string of the molecule is Cc1noc(NC(=O)Cc2ccccc2CN)c1C. The van der Waals surface area contributed by atoms with Crippen LogP contribution in [0.4, 0.5) is 5.88 Å². The number of amides is 1. The summed E-state index contributed by atoms with van der Waals surface area (Å²) in [7, 11) is 0. The van der Waals surface area contributed by atoms with Crippen molar-refractivity contribution >= 4 is 11.8 Å². The van der Waals surface area contributed by atoms with Crippen LogP contribution in [0.25, 0.3) is 0 Å². The number of anilines is 1. The van der Waals surface area contributed by atoms with Crippen molar-refractivity contribution in [1.82, 2.24) is 5.16 Å². The van der Waals surface area contributed by atoms with Gasteiger partial charge in [0, 0.05) is 12.1 Å². The molecule has 2 aromatic rings. The van der Waals surface area contributed by atoms with E-state index >= 15 is 0 Å². The summed E-state index contributed by atoms with van der Waals surface area (Å²) in [4.78, 5) is 12.0. The second kappa shape index (κ2) is 5.67. The van der Waals surface area contributed by atoms with Crippen molar-refractivity contribution < 1.29 is 9.32 Å². The van der Waals surface area contributed by atoms with Crippen molar-refractivity contribution in [2.45, 2.75) is 26.8 Å². The van der Waals surface area contributed by atoms with E-state index in [0.717, 1.165) is 22.4 Å². The van der Waals surface area contributed by atoms with Crippen LogP contribution < -0.4 is 11.1 Å². The van der Waals surface area contributed by atoms with Gasteiger partial charge in [0.05, 0.1) is 12.1 Å². The molecule has 0 saturated heterocycles. The largest absolute Gasteiger partial charge is 0.338 e. The minimum atomic E-state index is -0.139. The molecule has 0 radical (unpaired) electrons. The van der Waals surface area contributed by atoms with Crippen LogP contribution in [0.5, 0.6) is 0 Å². The van der Waals surface area contributed by atoms with E-state index in [2.05, 4.69) is 10.5 Å². The Balaban J connectivity index is 2.07. The van der Waals surface area contributed by atoms with Gasteiger partial charge in [-0.25, -0.2) is 0 Å². The van der Waals surface area contributed by atoms with Crippen LogP contribution in [0.3, 0.4) is 0 Å². The Morgan fingerprint density at radius 3 is 2.58 bits per heavy atom. The number of nitrogens with one attached hydrogen (secondary N) is 1. The maximum absolute atomic E-state index is 12.0. The molecule has 1 amide bonds. The third-order valence-corrected chi connectivity index (χ3v) is 3.10. The molecule has 3 N–H and O–H groups in total. The predicted octanol–water partition coefficient (Wildman–Crippen LogP) is 1.93. The van der Waals surface area contributed by atoms with Crippen molar-refractivity contribution in [2.75, 3.05) is 5.32 Å². The Labute approximate surface area is 111 Å². The van der Waals surface area contributed by atoms with Gasteiger partial charge in [-0.1, -0.05) is 29.4 Å². The molecule has 5 nitrogen and oxygen atoms in total. The lowest BCUT2D eigenvalue weighted by atomic mass is 10.0. The number of carbonyl (C=O) groups is 1. The van der Waals surface area contributed by atoms with Crippen LogP contribution in [0.2, 0.25) is 0 Å². The molecule has 0 spiro atoms. The van der Waals surface area contributed by atoms with Crippen molar-refractivity contribution in [3.8, 4) is 0 Å². The monoisotopic (exact) mass is 259 g/mol. The molecule has 0 bridgehead atoms. The molecule has 0 saturated carbocycles. The average Bonchev–Trinajstić information content (AvgIpc) is 2.71. The number of nitrogens with zero attached hydrogens (tertiary/aromatic N) is 1. The average molecular weight is 259 g/mol. The van der Waals surface area contributed by atoms with Gasteiger partial charge in [-0.2, -0.15) is 0 Å². The van der Waals surface area contributed by atoms with E-state index < -0.39 is 0 Å². The Morgan fingerprint density at radius 1 is 1.32 bits per heavy atom. The maximum Gasteiger partial charge on any atom is 0.234 e. The fourth-order valence-corrected chi connectivity index (χ4v) is 1.80. The van der Waals surface area contributed by atoms with Gasteiger partial charge in [0.15, 0.2) is 0 Å². The van der Waals surface area contributed by atoms with Crippen LogP contribution in [-0.4, -0.2) is 11.1 Å². The van der Waals surface area contributed by atoms with Crippen LogP contribution >= 0.6 is 0 Å². The summed E-state index contributed by atoms with van der Waals surface area (Å²) in [5, 5.41) is 6.52. The fraction of sp³-hybridized carbons (Fsp3) is 0.286. The standard InChI is InChI=1S/C14H17N3O2/c1-9-10(2)17-19-14(9)16-13(18)7-11-5-3-4-6-12(11)8-15/h3-6H,7-8,15H2,1-2H3,(H,16,18). The molecular formula is C14H17N3O2. The van der Waals surface area contributed by atoms with Gasteiger partial charge in [-0.15, -0.1) is 0 Å². The molecule has 0 fully saturated rings. The third-order valence-electron chi connectivity index (χ3n) is 3.10. The van der Waals surface area contributed by atoms with Crippen LogP contribution in [0.15, 0.2) is 28.8 Å². The van der Waals surface area contributed by atoms with Gasteiger partial charge < -0.3 is 10.3 Å². The van der Waals surface area contributed by atoms with Gasteiger partial charge in [0.25, 0.3) is 0 Å². The van der Waals surface area contributed by atoms with Gasteiger partial charge in [0.2, 0.25) is 11.8 Å². The first kappa shape index (κ1) is 13.3. The number of carbonyl (C=O) groups excluding carboxylic acids is 1. The normalized spacial score (nSPS) is 10.5. The highest BCUT2D eigenvalue weighted by molar-refractivity contribution is 5.91. The summed E-state index contributed by atoms with van der Waals surface area (Å²) < 4.78 is 5.05. The molecule has 0 unspecified atom stereocenters. The first-order valence-electron chi connectivity index (χ1n) is 6.11. The van der Waals surface area contributed by atoms with E-state index in [4.69, 9.17) is 10.3 Å². The molecule has 1 aromatic heterocycles. The molecule has 5 heteroatoms.